The molecule has 5 heteroatoms. The topological polar surface area (TPSA) is 68.2 Å². The van der Waals surface area contributed by atoms with Crippen molar-refractivity contribution >= 4 is 5.95 Å². The van der Waals surface area contributed by atoms with Gasteiger partial charge in [0.05, 0.1) is 5.56 Å². The highest BCUT2D eigenvalue weighted by molar-refractivity contribution is 5.56. The Labute approximate surface area is 106 Å². The average Bonchev–Trinajstić information content (AvgIpc) is 2.98. The highest BCUT2D eigenvalue weighted by Gasteiger charge is 2.21. The lowest BCUT2D eigenvalue weighted by molar-refractivity contribution is 0.548. The number of furan rings is 1. The fourth-order valence-corrected chi connectivity index (χ4v) is 2.17. The van der Waals surface area contributed by atoms with Gasteiger partial charge in [0.15, 0.2) is 0 Å². The first-order valence-electron chi connectivity index (χ1n) is 6.12. The molecule has 1 saturated heterocycles. The van der Waals surface area contributed by atoms with Crippen LogP contribution in [0.5, 0.6) is 0 Å². The zero-order valence-corrected chi connectivity index (χ0v) is 10.3. The van der Waals surface area contributed by atoms with E-state index in [2.05, 4.69) is 14.9 Å². The third-order valence-electron chi connectivity index (χ3n) is 3.17. The number of aryl methyl sites for hydroxylation is 1. The van der Waals surface area contributed by atoms with Crippen molar-refractivity contribution in [3.8, 4) is 11.3 Å². The second-order valence-electron chi connectivity index (χ2n) is 4.68. The van der Waals surface area contributed by atoms with Crippen molar-refractivity contribution < 1.29 is 4.42 Å². The van der Waals surface area contributed by atoms with Gasteiger partial charge in [-0.05, 0) is 25.5 Å². The van der Waals surface area contributed by atoms with Crippen molar-refractivity contribution in [1.82, 2.24) is 9.97 Å². The molecule has 0 bridgehead atoms. The second-order valence-corrected chi connectivity index (χ2v) is 4.68. The number of hydrogen-bond donors (Lipinski definition) is 1. The van der Waals surface area contributed by atoms with Crippen molar-refractivity contribution in [2.24, 2.45) is 5.73 Å². The van der Waals surface area contributed by atoms with E-state index in [4.69, 9.17) is 10.2 Å². The molecule has 0 radical (unpaired) electrons. The van der Waals surface area contributed by atoms with Gasteiger partial charge < -0.3 is 15.1 Å². The molecular weight excluding hydrogens is 228 g/mol. The number of anilines is 1. The lowest BCUT2D eigenvalue weighted by Gasteiger charge is -2.14. The third kappa shape index (κ3) is 2.09. The summed E-state index contributed by atoms with van der Waals surface area (Å²) in [6, 6.07) is 4.10. The van der Waals surface area contributed by atoms with Crippen LogP contribution >= 0.6 is 0 Å². The summed E-state index contributed by atoms with van der Waals surface area (Å²) in [4.78, 5) is 10.9. The van der Waals surface area contributed by atoms with Crippen LogP contribution in [-0.2, 0) is 0 Å². The zero-order valence-electron chi connectivity index (χ0n) is 10.3. The highest BCUT2D eigenvalue weighted by atomic mass is 16.3. The van der Waals surface area contributed by atoms with Gasteiger partial charge in [-0.2, -0.15) is 0 Å². The van der Waals surface area contributed by atoms with Crippen LogP contribution in [0.3, 0.4) is 0 Å². The minimum atomic E-state index is 0.237. The van der Waals surface area contributed by atoms with E-state index in [0.29, 0.717) is 0 Å². The Morgan fingerprint density at radius 2 is 2.11 bits per heavy atom. The first-order chi connectivity index (χ1) is 8.72. The Morgan fingerprint density at radius 1 is 1.33 bits per heavy atom. The van der Waals surface area contributed by atoms with E-state index in [0.717, 1.165) is 42.5 Å². The van der Waals surface area contributed by atoms with Gasteiger partial charge in [0.2, 0.25) is 5.95 Å². The molecule has 0 saturated carbocycles. The fraction of sp³-hybridized carbons (Fsp3) is 0.385. The maximum Gasteiger partial charge on any atom is 0.225 e. The second kappa shape index (κ2) is 4.42. The maximum atomic E-state index is 5.87. The van der Waals surface area contributed by atoms with Crippen LogP contribution in [0.25, 0.3) is 11.3 Å². The van der Waals surface area contributed by atoms with Crippen LogP contribution in [0.15, 0.2) is 28.9 Å². The van der Waals surface area contributed by atoms with Gasteiger partial charge in [-0.1, -0.05) is 0 Å². The highest BCUT2D eigenvalue weighted by Crippen LogP contribution is 2.22. The SMILES string of the molecule is Cc1ccc(-c2cnc(N3CCC(N)C3)nc2)o1. The monoisotopic (exact) mass is 244 g/mol. The normalized spacial score (nSPS) is 19.4. The predicted octanol–water partition coefficient (Wildman–Crippen LogP) is 1.58. The minimum Gasteiger partial charge on any atom is -0.461 e. The third-order valence-corrected chi connectivity index (χ3v) is 3.17. The number of aromatic nitrogens is 2. The zero-order chi connectivity index (χ0) is 12.5. The molecule has 0 aliphatic carbocycles. The van der Waals surface area contributed by atoms with E-state index in [1.165, 1.54) is 0 Å². The summed E-state index contributed by atoms with van der Waals surface area (Å²) >= 11 is 0. The van der Waals surface area contributed by atoms with Crippen LogP contribution in [0.4, 0.5) is 5.95 Å². The standard InChI is InChI=1S/C13H16N4O/c1-9-2-3-12(18-9)10-6-15-13(16-7-10)17-5-4-11(14)8-17/h2-3,6-7,11H,4-5,8,14H2,1H3. The lowest BCUT2D eigenvalue weighted by Crippen LogP contribution is -2.27. The minimum absolute atomic E-state index is 0.237. The Balaban J connectivity index is 1.81. The van der Waals surface area contributed by atoms with Crippen LogP contribution in [-0.4, -0.2) is 29.1 Å². The molecule has 2 aromatic rings. The van der Waals surface area contributed by atoms with Crippen molar-refractivity contribution in [3.63, 3.8) is 0 Å². The van der Waals surface area contributed by atoms with Gasteiger partial charge >= 0.3 is 0 Å². The molecule has 2 aromatic heterocycles. The van der Waals surface area contributed by atoms with Crippen molar-refractivity contribution in [3.05, 3.63) is 30.3 Å². The number of hydrogen-bond acceptors (Lipinski definition) is 5. The molecular formula is C13H16N4O. The summed E-state index contributed by atoms with van der Waals surface area (Å²) in [6.07, 6.45) is 4.59. The summed E-state index contributed by atoms with van der Waals surface area (Å²) in [5.41, 5.74) is 6.77. The number of rotatable bonds is 2. The van der Waals surface area contributed by atoms with Crippen molar-refractivity contribution in [1.29, 1.82) is 0 Å². The van der Waals surface area contributed by atoms with Crippen molar-refractivity contribution in [2.45, 2.75) is 19.4 Å². The molecule has 1 unspecified atom stereocenters. The van der Waals surface area contributed by atoms with Gasteiger partial charge in [0, 0.05) is 31.5 Å². The Bertz CT molecular complexity index is 534. The first kappa shape index (κ1) is 11.2. The number of nitrogens with two attached hydrogens (primary N) is 1. The Hall–Kier alpha value is -1.88. The molecule has 1 fully saturated rings. The molecule has 1 atom stereocenters. The average molecular weight is 244 g/mol. The molecule has 0 amide bonds. The quantitative estimate of drug-likeness (QED) is 0.868. The molecule has 0 spiro atoms. The molecule has 5 nitrogen and oxygen atoms in total. The van der Waals surface area contributed by atoms with E-state index in [9.17, 15) is 0 Å². The van der Waals surface area contributed by atoms with Crippen LogP contribution in [0, 0.1) is 6.92 Å². The molecule has 18 heavy (non-hydrogen) atoms. The van der Waals surface area contributed by atoms with Crippen LogP contribution in [0.2, 0.25) is 0 Å². The summed E-state index contributed by atoms with van der Waals surface area (Å²) < 4.78 is 5.54. The molecule has 3 heterocycles. The molecule has 3 rings (SSSR count). The summed E-state index contributed by atoms with van der Waals surface area (Å²) in [5.74, 6) is 2.44. The molecule has 0 aromatic carbocycles. The van der Waals surface area contributed by atoms with Gasteiger partial charge in [0.25, 0.3) is 0 Å². The summed E-state index contributed by atoms with van der Waals surface area (Å²) in [7, 11) is 0. The lowest BCUT2D eigenvalue weighted by atomic mass is 10.3. The van der Waals surface area contributed by atoms with Gasteiger partial charge in [-0.25, -0.2) is 9.97 Å². The van der Waals surface area contributed by atoms with Gasteiger partial charge in [-0.15, -0.1) is 0 Å². The predicted molar refractivity (Wildman–Crippen MR) is 69.3 cm³/mol. The summed E-state index contributed by atoms with van der Waals surface area (Å²) in [5, 5.41) is 0. The van der Waals surface area contributed by atoms with E-state index in [1.54, 1.807) is 12.4 Å². The molecule has 1 aliphatic heterocycles. The van der Waals surface area contributed by atoms with Gasteiger partial charge in [0.1, 0.15) is 11.5 Å². The van der Waals surface area contributed by atoms with E-state index < -0.39 is 0 Å². The fourth-order valence-electron chi connectivity index (χ4n) is 2.17. The van der Waals surface area contributed by atoms with E-state index >= 15 is 0 Å². The largest absolute Gasteiger partial charge is 0.461 e. The summed E-state index contributed by atoms with van der Waals surface area (Å²) in [6.45, 7) is 3.68. The van der Waals surface area contributed by atoms with Crippen LogP contribution in [0.1, 0.15) is 12.2 Å². The maximum absolute atomic E-state index is 5.87. The van der Waals surface area contributed by atoms with Crippen molar-refractivity contribution in [2.75, 3.05) is 18.0 Å². The number of nitrogens with zero attached hydrogens (tertiary/aromatic N) is 3. The van der Waals surface area contributed by atoms with E-state index in [1.807, 2.05) is 19.1 Å². The van der Waals surface area contributed by atoms with E-state index in [-0.39, 0.29) is 6.04 Å². The smallest absolute Gasteiger partial charge is 0.225 e. The van der Waals surface area contributed by atoms with Gasteiger partial charge in [-0.3, -0.25) is 0 Å². The Morgan fingerprint density at radius 3 is 2.67 bits per heavy atom. The molecule has 94 valence electrons. The molecule has 1 aliphatic rings. The van der Waals surface area contributed by atoms with Crippen LogP contribution < -0.4 is 10.6 Å². The molecule has 2 N–H and O–H groups in total. The first-order valence-corrected chi connectivity index (χ1v) is 6.12. The Kier molecular flexibility index (Phi) is 2.76.